The molecule has 1 amide bonds. The lowest BCUT2D eigenvalue weighted by Crippen LogP contribution is -2.28. The van der Waals surface area contributed by atoms with Gasteiger partial charge in [0.15, 0.2) is 10.8 Å². The number of nitrogens with one attached hydrogen (secondary N) is 2. The summed E-state index contributed by atoms with van der Waals surface area (Å²) in [6.07, 6.45) is 5.74. The van der Waals surface area contributed by atoms with Gasteiger partial charge in [0.1, 0.15) is 12.0 Å². The molecule has 0 aliphatic carbocycles. The van der Waals surface area contributed by atoms with Crippen LogP contribution in [-0.4, -0.2) is 26.1 Å². The third-order valence-electron chi connectivity index (χ3n) is 3.96. The lowest BCUT2D eigenvalue weighted by molar-refractivity contribution is 0.0929. The maximum atomic E-state index is 12.6. The van der Waals surface area contributed by atoms with Crippen molar-refractivity contribution in [2.45, 2.75) is 38.6 Å². The van der Waals surface area contributed by atoms with Crippen LogP contribution in [-0.2, 0) is 0 Å². The van der Waals surface area contributed by atoms with Gasteiger partial charge in [0.05, 0.1) is 6.04 Å². The second-order valence-corrected chi connectivity index (χ2v) is 6.66. The summed E-state index contributed by atoms with van der Waals surface area (Å²) in [5.41, 5.74) is 1.53. The van der Waals surface area contributed by atoms with Crippen LogP contribution in [0.4, 0.5) is 0 Å². The molecule has 2 N–H and O–H groups in total. The van der Waals surface area contributed by atoms with E-state index in [9.17, 15) is 4.79 Å². The maximum absolute atomic E-state index is 12.6. The normalized spacial score (nSPS) is 12.0. The van der Waals surface area contributed by atoms with Crippen LogP contribution >= 0.6 is 11.3 Å². The Morgan fingerprint density at radius 1 is 1.28 bits per heavy atom. The summed E-state index contributed by atoms with van der Waals surface area (Å²) in [6.45, 7) is 2.18. The molecule has 0 radical (unpaired) electrons. The summed E-state index contributed by atoms with van der Waals surface area (Å²) < 4.78 is 0. The third kappa shape index (κ3) is 4.51. The number of aromatic nitrogens is 4. The smallest absolute Gasteiger partial charge is 0.271 e. The molecule has 1 atom stereocenters. The Bertz CT molecular complexity index is 785. The number of amides is 1. The van der Waals surface area contributed by atoms with Gasteiger partial charge in [-0.2, -0.15) is 5.10 Å². The van der Waals surface area contributed by atoms with Gasteiger partial charge >= 0.3 is 0 Å². The molecule has 6 nitrogen and oxygen atoms in total. The molecule has 2 aromatic heterocycles. The number of nitrogens with zero attached hydrogens (tertiary/aromatic N) is 3. The summed E-state index contributed by atoms with van der Waals surface area (Å²) in [5.74, 6) is 0.416. The highest BCUT2D eigenvalue weighted by molar-refractivity contribution is 7.13. The van der Waals surface area contributed by atoms with Crippen LogP contribution in [0.1, 0.15) is 54.7 Å². The number of unbranched alkanes of at least 4 members (excludes halogenated alkanes) is 2. The van der Waals surface area contributed by atoms with Crippen molar-refractivity contribution < 1.29 is 4.79 Å². The molecule has 0 aliphatic heterocycles. The van der Waals surface area contributed by atoms with Gasteiger partial charge in [-0.15, -0.1) is 11.3 Å². The van der Waals surface area contributed by atoms with Gasteiger partial charge in [-0.3, -0.25) is 9.89 Å². The first-order valence-electron chi connectivity index (χ1n) is 8.45. The maximum Gasteiger partial charge on any atom is 0.271 e. The Morgan fingerprint density at radius 2 is 2.12 bits per heavy atom. The van der Waals surface area contributed by atoms with Gasteiger partial charge in [-0.25, -0.2) is 9.97 Å². The molecular weight excluding hydrogens is 334 g/mol. The number of benzene rings is 1. The van der Waals surface area contributed by atoms with Gasteiger partial charge in [-0.1, -0.05) is 56.5 Å². The highest BCUT2D eigenvalue weighted by Crippen LogP contribution is 2.22. The highest BCUT2D eigenvalue weighted by atomic mass is 32.1. The molecule has 0 saturated carbocycles. The van der Waals surface area contributed by atoms with Crippen LogP contribution < -0.4 is 5.32 Å². The largest absolute Gasteiger partial charge is 0.344 e. The minimum atomic E-state index is -0.160. The van der Waals surface area contributed by atoms with Crippen molar-refractivity contribution in [1.82, 2.24) is 25.5 Å². The molecular formula is C18H21N5OS. The Hall–Kier alpha value is -2.54. The van der Waals surface area contributed by atoms with Crippen LogP contribution in [0.2, 0.25) is 0 Å². The van der Waals surface area contributed by atoms with Crippen molar-refractivity contribution in [3.05, 3.63) is 53.3 Å². The Labute approximate surface area is 150 Å². The molecule has 130 valence electrons. The van der Waals surface area contributed by atoms with Crippen molar-refractivity contribution in [1.29, 1.82) is 0 Å². The first-order valence-corrected chi connectivity index (χ1v) is 9.33. The van der Waals surface area contributed by atoms with Gasteiger partial charge in [0, 0.05) is 5.38 Å². The highest BCUT2D eigenvalue weighted by Gasteiger charge is 2.18. The number of hydrogen-bond donors (Lipinski definition) is 2. The number of H-pyrrole nitrogens is 1. The van der Waals surface area contributed by atoms with Crippen molar-refractivity contribution in [3.8, 4) is 10.8 Å². The second kappa shape index (κ2) is 8.53. The van der Waals surface area contributed by atoms with Crippen molar-refractivity contribution in [2.75, 3.05) is 0 Å². The molecule has 1 unspecified atom stereocenters. The SMILES string of the molecule is CCCCCC(NC(=O)c1csc(-c2ncn[nH]2)n1)c1ccccc1. The van der Waals surface area contributed by atoms with Crippen LogP contribution in [0.5, 0.6) is 0 Å². The van der Waals surface area contributed by atoms with E-state index in [1.165, 1.54) is 17.7 Å². The molecule has 0 saturated heterocycles. The predicted octanol–water partition coefficient (Wildman–Crippen LogP) is 3.98. The fourth-order valence-corrected chi connectivity index (χ4v) is 3.38. The molecule has 3 aromatic rings. The first-order chi connectivity index (χ1) is 12.3. The zero-order valence-electron chi connectivity index (χ0n) is 14.1. The molecule has 3 rings (SSSR count). The lowest BCUT2D eigenvalue weighted by Gasteiger charge is -2.18. The molecule has 2 heterocycles. The van der Waals surface area contributed by atoms with E-state index in [2.05, 4.69) is 44.5 Å². The Balaban J connectivity index is 1.71. The zero-order chi connectivity index (χ0) is 17.5. The quantitative estimate of drug-likeness (QED) is 0.599. The van der Waals surface area contributed by atoms with E-state index in [0.717, 1.165) is 31.2 Å². The summed E-state index contributed by atoms with van der Waals surface area (Å²) in [7, 11) is 0. The molecule has 7 heteroatoms. The lowest BCUT2D eigenvalue weighted by atomic mass is 10.0. The number of carbonyl (C=O) groups is 1. The van der Waals surface area contributed by atoms with Gasteiger partial charge < -0.3 is 5.32 Å². The number of thiazole rings is 1. The van der Waals surface area contributed by atoms with E-state index in [1.807, 2.05) is 18.2 Å². The van der Waals surface area contributed by atoms with E-state index in [-0.39, 0.29) is 11.9 Å². The average molecular weight is 355 g/mol. The second-order valence-electron chi connectivity index (χ2n) is 5.80. The fourth-order valence-electron chi connectivity index (χ4n) is 2.63. The average Bonchev–Trinajstić information content (AvgIpc) is 3.33. The van der Waals surface area contributed by atoms with Crippen LogP contribution in [0.3, 0.4) is 0 Å². The molecule has 25 heavy (non-hydrogen) atoms. The summed E-state index contributed by atoms with van der Waals surface area (Å²) >= 11 is 1.37. The predicted molar refractivity (Wildman–Crippen MR) is 98.3 cm³/mol. The Kier molecular flexibility index (Phi) is 5.90. The standard InChI is InChI=1S/C18H21N5OS/c1-2-3-5-10-14(13-8-6-4-7-9-13)21-17(24)15-11-25-18(22-15)16-19-12-20-23-16/h4,6-9,11-12,14H,2-3,5,10H2,1H3,(H,21,24)(H,19,20,23). The first kappa shape index (κ1) is 17.3. The van der Waals surface area contributed by atoms with Crippen molar-refractivity contribution in [3.63, 3.8) is 0 Å². The Morgan fingerprint density at radius 3 is 2.84 bits per heavy atom. The number of hydrogen-bond acceptors (Lipinski definition) is 5. The van der Waals surface area contributed by atoms with Gasteiger partial charge in [0.2, 0.25) is 0 Å². The van der Waals surface area contributed by atoms with Gasteiger partial charge in [-0.05, 0) is 12.0 Å². The molecule has 0 aliphatic rings. The van der Waals surface area contributed by atoms with Gasteiger partial charge in [0.25, 0.3) is 5.91 Å². The summed E-state index contributed by atoms with van der Waals surface area (Å²) in [4.78, 5) is 21.1. The number of rotatable bonds is 8. The van der Waals surface area contributed by atoms with Crippen molar-refractivity contribution >= 4 is 17.2 Å². The van der Waals surface area contributed by atoms with Crippen LogP contribution in [0.15, 0.2) is 42.0 Å². The van der Waals surface area contributed by atoms with Crippen molar-refractivity contribution in [2.24, 2.45) is 0 Å². The molecule has 1 aromatic carbocycles. The zero-order valence-corrected chi connectivity index (χ0v) is 14.9. The minimum absolute atomic E-state index is 0.00400. The topological polar surface area (TPSA) is 83.6 Å². The monoisotopic (exact) mass is 355 g/mol. The van der Waals surface area contributed by atoms with E-state index >= 15 is 0 Å². The summed E-state index contributed by atoms with van der Waals surface area (Å²) in [5, 5.41) is 12.1. The van der Waals surface area contributed by atoms with E-state index in [0.29, 0.717) is 16.5 Å². The minimum Gasteiger partial charge on any atom is -0.344 e. The van der Waals surface area contributed by atoms with E-state index in [4.69, 9.17) is 0 Å². The molecule has 0 spiro atoms. The fraction of sp³-hybridized carbons (Fsp3) is 0.333. The van der Waals surface area contributed by atoms with E-state index < -0.39 is 0 Å². The summed E-state index contributed by atoms with van der Waals surface area (Å²) in [6, 6.07) is 10.1. The number of aromatic amines is 1. The molecule has 0 bridgehead atoms. The van der Waals surface area contributed by atoms with Crippen LogP contribution in [0.25, 0.3) is 10.8 Å². The van der Waals surface area contributed by atoms with Crippen LogP contribution in [0, 0.1) is 0 Å². The van der Waals surface area contributed by atoms with E-state index in [1.54, 1.807) is 5.38 Å². The molecule has 0 fully saturated rings. The number of carbonyl (C=O) groups excluding carboxylic acids is 1. The third-order valence-corrected chi connectivity index (χ3v) is 4.81.